The van der Waals surface area contributed by atoms with Crippen LogP contribution >= 0.6 is 0 Å². The first-order valence-corrected chi connectivity index (χ1v) is 12.3. The van der Waals surface area contributed by atoms with Crippen LogP contribution in [0.5, 0.6) is 11.5 Å². The van der Waals surface area contributed by atoms with Crippen molar-refractivity contribution < 1.29 is 19.1 Å². The van der Waals surface area contributed by atoms with Gasteiger partial charge in [-0.1, -0.05) is 99.6 Å². The van der Waals surface area contributed by atoms with E-state index in [-0.39, 0.29) is 16.9 Å². The SMILES string of the molecule is Cc1cc(C(C)(C)C)cc(OC(=O)c2cccc3ccccc23)c1OC(=O)c1cccc2ccccc12. The summed E-state index contributed by atoms with van der Waals surface area (Å²) in [4.78, 5) is 26.8. The quantitative estimate of drug-likeness (QED) is 0.190. The van der Waals surface area contributed by atoms with Gasteiger partial charge in [-0.05, 0) is 63.2 Å². The van der Waals surface area contributed by atoms with Crippen molar-refractivity contribution in [3.05, 3.63) is 119 Å². The van der Waals surface area contributed by atoms with Gasteiger partial charge in [-0.25, -0.2) is 9.59 Å². The molecule has 0 spiro atoms. The number of esters is 2. The maximum absolute atomic E-state index is 13.4. The van der Waals surface area contributed by atoms with Gasteiger partial charge in [0.2, 0.25) is 0 Å². The summed E-state index contributed by atoms with van der Waals surface area (Å²) in [6.07, 6.45) is 0. The third-order valence-electron chi connectivity index (χ3n) is 6.52. The van der Waals surface area contributed by atoms with Gasteiger partial charge in [0, 0.05) is 0 Å². The van der Waals surface area contributed by atoms with E-state index in [0.29, 0.717) is 16.7 Å². The van der Waals surface area contributed by atoms with Crippen LogP contribution in [-0.4, -0.2) is 11.9 Å². The molecule has 0 aliphatic heterocycles. The van der Waals surface area contributed by atoms with Crippen molar-refractivity contribution in [3.8, 4) is 11.5 Å². The zero-order valence-corrected chi connectivity index (χ0v) is 21.4. The van der Waals surface area contributed by atoms with Gasteiger partial charge in [-0.3, -0.25) is 0 Å². The first kappa shape index (κ1) is 24.3. The molecule has 5 aromatic rings. The van der Waals surface area contributed by atoms with Crippen LogP contribution < -0.4 is 9.47 Å². The largest absolute Gasteiger partial charge is 0.419 e. The lowest BCUT2D eigenvalue weighted by Crippen LogP contribution is -2.17. The minimum Gasteiger partial charge on any atom is -0.419 e. The average Bonchev–Trinajstić information content (AvgIpc) is 2.89. The van der Waals surface area contributed by atoms with E-state index in [4.69, 9.17) is 9.47 Å². The number of hydrogen-bond acceptors (Lipinski definition) is 4. The van der Waals surface area contributed by atoms with E-state index in [1.54, 1.807) is 18.2 Å². The van der Waals surface area contributed by atoms with E-state index in [0.717, 1.165) is 27.1 Å². The highest BCUT2D eigenvalue weighted by Gasteiger charge is 2.24. The molecule has 0 fully saturated rings. The lowest BCUT2D eigenvalue weighted by atomic mass is 9.86. The zero-order valence-electron chi connectivity index (χ0n) is 21.4. The summed E-state index contributed by atoms with van der Waals surface area (Å²) in [5.74, 6) is -0.563. The van der Waals surface area contributed by atoms with Crippen LogP contribution in [0, 0.1) is 6.92 Å². The Morgan fingerprint density at radius 2 is 1.11 bits per heavy atom. The Labute approximate surface area is 216 Å². The fraction of sp³-hybridized carbons (Fsp3) is 0.152. The Kier molecular flexibility index (Phi) is 6.26. The van der Waals surface area contributed by atoms with E-state index < -0.39 is 11.9 Å². The Morgan fingerprint density at radius 3 is 1.65 bits per heavy atom. The summed E-state index contributed by atoms with van der Waals surface area (Å²) < 4.78 is 11.9. The van der Waals surface area contributed by atoms with Gasteiger partial charge in [0.15, 0.2) is 11.5 Å². The second-order valence-electron chi connectivity index (χ2n) is 10.2. The number of carbonyl (C=O) groups excluding carboxylic acids is 2. The monoisotopic (exact) mass is 488 g/mol. The van der Waals surface area contributed by atoms with Gasteiger partial charge in [0.05, 0.1) is 11.1 Å². The minimum atomic E-state index is -0.510. The van der Waals surface area contributed by atoms with Crippen molar-refractivity contribution in [2.24, 2.45) is 0 Å². The van der Waals surface area contributed by atoms with Crippen molar-refractivity contribution in [3.63, 3.8) is 0 Å². The van der Waals surface area contributed by atoms with Crippen LogP contribution in [0.2, 0.25) is 0 Å². The molecule has 0 N–H and O–H groups in total. The molecule has 0 unspecified atom stereocenters. The molecule has 0 aliphatic carbocycles. The number of ether oxygens (including phenoxy) is 2. The van der Waals surface area contributed by atoms with E-state index in [9.17, 15) is 9.59 Å². The molecule has 0 saturated carbocycles. The van der Waals surface area contributed by atoms with Crippen molar-refractivity contribution in [1.29, 1.82) is 0 Å². The van der Waals surface area contributed by atoms with Crippen LogP contribution in [0.3, 0.4) is 0 Å². The Hall–Kier alpha value is -4.44. The van der Waals surface area contributed by atoms with E-state index in [1.165, 1.54) is 0 Å². The van der Waals surface area contributed by atoms with E-state index >= 15 is 0 Å². The molecular formula is C33H28O4. The normalized spacial score (nSPS) is 11.5. The molecule has 5 rings (SSSR count). The Balaban J connectivity index is 1.56. The van der Waals surface area contributed by atoms with Gasteiger partial charge in [0.25, 0.3) is 0 Å². The number of aryl methyl sites for hydroxylation is 1. The van der Waals surface area contributed by atoms with Crippen LogP contribution in [-0.2, 0) is 5.41 Å². The van der Waals surface area contributed by atoms with E-state index in [2.05, 4.69) is 20.8 Å². The number of carbonyl (C=O) groups is 2. The van der Waals surface area contributed by atoms with Gasteiger partial charge < -0.3 is 9.47 Å². The van der Waals surface area contributed by atoms with Crippen LogP contribution in [0.1, 0.15) is 52.6 Å². The van der Waals surface area contributed by atoms with Crippen LogP contribution in [0.15, 0.2) is 97.1 Å². The third-order valence-corrected chi connectivity index (χ3v) is 6.52. The molecule has 0 amide bonds. The molecule has 0 bridgehead atoms. The molecule has 0 saturated heterocycles. The maximum Gasteiger partial charge on any atom is 0.344 e. The highest BCUT2D eigenvalue weighted by atomic mass is 16.6. The van der Waals surface area contributed by atoms with E-state index in [1.807, 2.05) is 85.8 Å². The molecular weight excluding hydrogens is 460 g/mol. The highest BCUT2D eigenvalue weighted by molar-refractivity contribution is 6.06. The summed E-state index contributed by atoms with van der Waals surface area (Å²) in [6.45, 7) is 8.11. The molecule has 0 aromatic heterocycles. The van der Waals surface area contributed by atoms with Crippen molar-refractivity contribution in [2.75, 3.05) is 0 Å². The molecule has 4 nitrogen and oxygen atoms in total. The van der Waals surface area contributed by atoms with Crippen molar-refractivity contribution in [2.45, 2.75) is 33.1 Å². The predicted molar refractivity (Wildman–Crippen MR) is 148 cm³/mol. The van der Waals surface area contributed by atoms with Crippen LogP contribution in [0.25, 0.3) is 21.5 Å². The number of rotatable bonds is 4. The molecule has 0 atom stereocenters. The molecule has 37 heavy (non-hydrogen) atoms. The Morgan fingerprint density at radius 1 is 0.622 bits per heavy atom. The second-order valence-corrected chi connectivity index (χ2v) is 10.2. The minimum absolute atomic E-state index is 0.205. The average molecular weight is 489 g/mol. The second kappa shape index (κ2) is 9.55. The van der Waals surface area contributed by atoms with Gasteiger partial charge >= 0.3 is 11.9 Å². The summed E-state index contributed by atoms with van der Waals surface area (Å²) in [5.41, 5.74) is 2.37. The molecule has 0 aliphatic rings. The summed E-state index contributed by atoms with van der Waals surface area (Å²) in [7, 11) is 0. The van der Waals surface area contributed by atoms with Crippen LogP contribution in [0.4, 0.5) is 0 Å². The number of fused-ring (bicyclic) bond motifs is 2. The molecule has 4 heteroatoms. The first-order chi connectivity index (χ1) is 17.7. The summed E-state index contributed by atoms with van der Waals surface area (Å²) in [5, 5.41) is 3.49. The Bertz CT molecular complexity index is 1650. The summed E-state index contributed by atoms with van der Waals surface area (Å²) >= 11 is 0. The molecule has 0 heterocycles. The topological polar surface area (TPSA) is 52.6 Å². The fourth-order valence-corrected chi connectivity index (χ4v) is 4.49. The standard InChI is InChI=1S/C33H28O4/c1-21-19-24(33(2,3)4)20-29(36-31(34)27-17-9-13-22-11-5-7-15-25(22)27)30(21)37-32(35)28-18-10-14-23-12-6-8-16-26(23)28/h5-20H,1-4H3. The highest BCUT2D eigenvalue weighted by Crippen LogP contribution is 2.38. The van der Waals surface area contributed by atoms with Crippen molar-refractivity contribution in [1.82, 2.24) is 0 Å². The number of hydrogen-bond donors (Lipinski definition) is 0. The molecule has 5 aromatic carbocycles. The zero-order chi connectivity index (χ0) is 26.2. The van der Waals surface area contributed by atoms with Gasteiger partial charge in [0.1, 0.15) is 0 Å². The van der Waals surface area contributed by atoms with Crippen molar-refractivity contribution >= 4 is 33.5 Å². The predicted octanol–water partition coefficient (Wildman–Crippen LogP) is 8.04. The first-order valence-electron chi connectivity index (χ1n) is 12.3. The lowest BCUT2D eigenvalue weighted by molar-refractivity contribution is 0.0683. The lowest BCUT2D eigenvalue weighted by Gasteiger charge is -2.22. The molecule has 184 valence electrons. The molecule has 0 radical (unpaired) electrons. The van der Waals surface area contributed by atoms with Gasteiger partial charge in [-0.15, -0.1) is 0 Å². The number of benzene rings is 5. The summed E-state index contributed by atoms with van der Waals surface area (Å²) in [6, 6.07) is 30.1. The maximum atomic E-state index is 13.4. The fourth-order valence-electron chi connectivity index (χ4n) is 4.49. The third kappa shape index (κ3) is 4.83. The smallest absolute Gasteiger partial charge is 0.344 e. The van der Waals surface area contributed by atoms with Gasteiger partial charge in [-0.2, -0.15) is 0 Å².